The van der Waals surface area contributed by atoms with Crippen molar-refractivity contribution in [3.63, 3.8) is 0 Å². The van der Waals surface area contributed by atoms with Crippen molar-refractivity contribution in [2.24, 2.45) is 0 Å². The molecule has 0 aliphatic rings. The zero-order chi connectivity index (χ0) is 31.0. The van der Waals surface area contributed by atoms with Crippen LogP contribution in [0.1, 0.15) is 44.7 Å². The summed E-state index contributed by atoms with van der Waals surface area (Å²) in [6, 6.07) is 16.7. The van der Waals surface area contributed by atoms with E-state index in [1.165, 1.54) is 24.1 Å². The van der Waals surface area contributed by atoms with Gasteiger partial charge in [0.05, 0.1) is 17.7 Å². The Labute approximate surface area is 258 Å². The highest BCUT2D eigenvalue weighted by Crippen LogP contribution is 2.29. The molecular formula is C31H37Cl2N3O5S. The molecule has 0 aromatic heterocycles. The van der Waals surface area contributed by atoms with Gasteiger partial charge in [0.2, 0.25) is 11.8 Å². The number of hydrogen-bond donors (Lipinski definition) is 1. The summed E-state index contributed by atoms with van der Waals surface area (Å²) in [6.45, 7) is 6.85. The molecule has 0 heterocycles. The minimum Gasteiger partial charge on any atom is -0.497 e. The normalized spacial score (nSPS) is 12.7. The van der Waals surface area contributed by atoms with Gasteiger partial charge in [0, 0.05) is 28.2 Å². The Balaban J connectivity index is 2.09. The minimum absolute atomic E-state index is 0.0149. The first-order valence-electron chi connectivity index (χ1n) is 13.7. The summed E-state index contributed by atoms with van der Waals surface area (Å²) in [6.07, 6.45) is 0.986. The zero-order valence-electron chi connectivity index (χ0n) is 24.4. The summed E-state index contributed by atoms with van der Waals surface area (Å²) in [5.74, 6) is -0.439. The molecule has 0 bridgehead atoms. The molecule has 226 valence electrons. The molecule has 3 aromatic rings. The molecule has 42 heavy (non-hydrogen) atoms. The number of amides is 2. The van der Waals surface area contributed by atoms with Crippen LogP contribution < -0.4 is 14.4 Å². The Hall–Kier alpha value is -3.27. The van der Waals surface area contributed by atoms with Crippen molar-refractivity contribution in [3.8, 4) is 5.75 Å². The summed E-state index contributed by atoms with van der Waals surface area (Å²) < 4.78 is 34.2. The van der Waals surface area contributed by atoms with Crippen LogP contribution in [0.5, 0.6) is 5.75 Å². The van der Waals surface area contributed by atoms with E-state index in [4.69, 9.17) is 27.9 Å². The van der Waals surface area contributed by atoms with Gasteiger partial charge < -0.3 is 15.0 Å². The van der Waals surface area contributed by atoms with E-state index in [-0.39, 0.29) is 29.8 Å². The number of sulfonamides is 1. The van der Waals surface area contributed by atoms with Crippen LogP contribution in [0.25, 0.3) is 0 Å². The number of halogens is 2. The average molecular weight is 635 g/mol. The third kappa shape index (κ3) is 7.96. The van der Waals surface area contributed by atoms with Crippen molar-refractivity contribution in [1.82, 2.24) is 10.2 Å². The molecule has 0 saturated carbocycles. The van der Waals surface area contributed by atoms with Crippen LogP contribution in [0, 0.1) is 6.92 Å². The molecule has 2 amide bonds. The van der Waals surface area contributed by atoms with Crippen molar-refractivity contribution in [3.05, 3.63) is 87.9 Å². The first-order valence-corrected chi connectivity index (χ1v) is 15.9. The monoisotopic (exact) mass is 633 g/mol. The van der Waals surface area contributed by atoms with Gasteiger partial charge in [0.15, 0.2) is 0 Å². The van der Waals surface area contributed by atoms with Crippen molar-refractivity contribution in [1.29, 1.82) is 0 Å². The Kier molecular flexibility index (Phi) is 11.7. The first-order chi connectivity index (χ1) is 19.9. The first kappa shape index (κ1) is 33.2. The van der Waals surface area contributed by atoms with Gasteiger partial charge in [0.1, 0.15) is 18.3 Å². The summed E-state index contributed by atoms with van der Waals surface area (Å²) >= 11 is 12.9. The van der Waals surface area contributed by atoms with Gasteiger partial charge in [-0.3, -0.25) is 13.9 Å². The molecule has 2 atom stereocenters. The average Bonchev–Trinajstić information content (AvgIpc) is 2.97. The largest absolute Gasteiger partial charge is 0.497 e. The Morgan fingerprint density at radius 3 is 2.05 bits per heavy atom. The summed E-state index contributed by atoms with van der Waals surface area (Å²) in [5.41, 5.74) is 1.69. The van der Waals surface area contributed by atoms with Crippen molar-refractivity contribution < 1.29 is 22.7 Å². The van der Waals surface area contributed by atoms with E-state index in [0.29, 0.717) is 33.5 Å². The van der Waals surface area contributed by atoms with Crippen LogP contribution in [-0.4, -0.2) is 50.9 Å². The van der Waals surface area contributed by atoms with Gasteiger partial charge in [-0.25, -0.2) is 8.42 Å². The van der Waals surface area contributed by atoms with Crippen molar-refractivity contribution in [2.75, 3.05) is 18.0 Å². The number of rotatable bonds is 13. The Morgan fingerprint density at radius 2 is 1.52 bits per heavy atom. The number of nitrogens with one attached hydrogen (secondary N) is 1. The van der Waals surface area contributed by atoms with E-state index in [0.717, 1.165) is 9.87 Å². The van der Waals surface area contributed by atoms with Gasteiger partial charge >= 0.3 is 0 Å². The van der Waals surface area contributed by atoms with Crippen LogP contribution >= 0.6 is 23.2 Å². The smallest absolute Gasteiger partial charge is 0.264 e. The van der Waals surface area contributed by atoms with Crippen LogP contribution in [0.15, 0.2) is 71.6 Å². The predicted molar refractivity (Wildman–Crippen MR) is 168 cm³/mol. The lowest BCUT2D eigenvalue weighted by molar-refractivity contribution is -0.140. The molecule has 0 spiro atoms. The number of ether oxygens (including phenoxy) is 1. The molecule has 0 saturated heterocycles. The fourth-order valence-corrected chi connectivity index (χ4v) is 6.26. The predicted octanol–water partition coefficient (Wildman–Crippen LogP) is 6.23. The second-order valence-corrected chi connectivity index (χ2v) is 12.7. The number of carbonyl (C=O) groups excluding carboxylic acids is 2. The molecular weight excluding hydrogens is 597 g/mol. The van der Waals surface area contributed by atoms with E-state index in [1.807, 2.05) is 20.8 Å². The highest BCUT2D eigenvalue weighted by atomic mass is 35.5. The SMILES string of the molecule is CC[C@H](C(=O)N[C@@H](C)CC)N(Cc1c(Cl)cccc1Cl)C(=O)CN(c1ccc(C)cc1)S(=O)(=O)c1ccc(OC)cc1. The molecule has 3 aromatic carbocycles. The standard InChI is InChI=1S/C31H37Cl2N3O5S/c1-6-22(4)34-31(38)29(7-2)35(19-26-27(32)9-8-10-28(26)33)30(37)20-36(23-13-11-21(3)12-14-23)42(39,40)25-17-15-24(41-5)16-18-25/h8-18,22,29H,6-7,19-20H2,1-5H3,(H,34,38)/t22-,29+/m0/s1. The molecule has 0 radical (unpaired) electrons. The fourth-order valence-electron chi connectivity index (χ4n) is 4.33. The number of benzene rings is 3. The molecule has 3 rings (SSSR count). The van der Waals surface area contributed by atoms with E-state index >= 15 is 0 Å². The van der Waals surface area contributed by atoms with E-state index in [9.17, 15) is 18.0 Å². The molecule has 1 N–H and O–H groups in total. The molecule has 11 heteroatoms. The Bertz CT molecular complexity index is 1460. The second-order valence-electron chi connectivity index (χ2n) is 9.99. The van der Waals surface area contributed by atoms with Gasteiger partial charge in [-0.1, -0.05) is 60.8 Å². The topological polar surface area (TPSA) is 96.0 Å². The fraction of sp³-hybridized carbons (Fsp3) is 0.355. The Morgan fingerprint density at radius 1 is 0.929 bits per heavy atom. The van der Waals surface area contributed by atoms with E-state index in [2.05, 4.69) is 5.32 Å². The number of hydrogen-bond acceptors (Lipinski definition) is 5. The zero-order valence-corrected chi connectivity index (χ0v) is 26.8. The van der Waals surface area contributed by atoms with Gasteiger partial charge in [-0.2, -0.15) is 0 Å². The summed E-state index contributed by atoms with van der Waals surface area (Å²) in [7, 11) is -2.72. The maximum atomic E-state index is 14.2. The summed E-state index contributed by atoms with van der Waals surface area (Å²) in [4.78, 5) is 28.9. The number of aryl methyl sites for hydroxylation is 1. The highest BCUT2D eigenvalue weighted by molar-refractivity contribution is 7.92. The van der Waals surface area contributed by atoms with Crippen LogP contribution in [-0.2, 0) is 26.2 Å². The lowest BCUT2D eigenvalue weighted by Gasteiger charge is -2.34. The third-order valence-electron chi connectivity index (χ3n) is 7.03. The maximum Gasteiger partial charge on any atom is 0.264 e. The number of carbonyl (C=O) groups is 2. The van der Waals surface area contributed by atoms with E-state index in [1.54, 1.807) is 61.5 Å². The minimum atomic E-state index is -4.21. The lowest BCUT2D eigenvalue weighted by atomic mass is 10.1. The molecule has 0 aliphatic carbocycles. The molecule has 0 unspecified atom stereocenters. The molecule has 8 nitrogen and oxygen atoms in total. The van der Waals surface area contributed by atoms with Crippen molar-refractivity contribution >= 4 is 50.7 Å². The molecule has 0 aliphatic heterocycles. The lowest BCUT2D eigenvalue weighted by Crippen LogP contribution is -2.53. The second kappa shape index (κ2) is 14.8. The van der Waals surface area contributed by atoms with Gasteiger partial charge in [0.25, 0.3) is 10.0 Å². The molecule has 0 fully saturated rings. The number of anilines is 1. The van der Waals surface area contributed by atoms with Crippen LogP contribution in [0.3, 0.4) is 0 Å². The number of methoxy groups -OCH3 is 1. The van der Waals surface area contributed by atoms with Crippen LogP contribution in [0.2, 0.25) is 10.0 Å². The van der Waals surface area contributed by atoms with Crippen LogP contribution in [0.4, 0.5) is 5.69 Å². The maximum absolute atomic E-state index is 14.2. The third-order valence-corrected chi connectivity index (χ3v) is 9.52. The van der Waals surface area contributed by atoms with E-state index < -0.39 is 28.5 Å². The van der Waals surface area contributed by atoms with Crippen molar-refractivity contribution in [2.45, 2.75) is 64.1 Å². The highest BCUT2D eigenvalue weighted by Gasteiger charge is 2.34. The number of nitrogens with zero attached hydrogens (tertiary/aromatic N) is 2. The summed E-state index contributed by atoms with van der Waals surface area (Å²) in [5, 5.41) is 3.61. The quantitative estimate of drug-likeness (QED) is 0.241. The van der Waals surface area contributed by atoms with Gasteiger partial charge in [-0.15, -0.1) is 0 Å². The van der Waals surface area contributed by atoms with Gasteiger partial charge in [-0.05, 0) is 75.2 Å².